The molecule has 0 aliphatic rings. The second kappa shape index (κ2) is 9.27. The number of halogens is 1. The minimum absolute atomic E-state index is 0.153. The van der Waals surface area contributed by atoms with Crippen molar-refractivity contribution in [2.75, 3.05) is 6.61 Å². The maximum atomic E-state index is 14.3. The Balaban J connectivity index is 1.80. The maximum Gasteiger partial charge on any atom is 0.126 e. The molecule has 0 amide bonds. The van der Waals surface area contributed by atoms with E-state index in [1.807, 2.05) is 30.3 Å². The second-order valence-corrected chi connectivity index (χ2v) is 8.11. The molecule has 6 N–H and O–H groups in total. The molecule has 0 saturated heterocycles. The highest BCUT2D eigenvalue weighted by atomic mass is 32.1. The van der Waals surface area contributed by atoms with Crippen molar-refractivity contribution in [1.82, 2.24) is 0 Å². The summed E-state index contributed by atoms with van der Waals surface area (Å²) >= 11 is 1.53. The van der Waals surface area contributed by atoms with E-state index in [9.17, 15) is 29.9 Å². The van der Waals surface area contributed by atoms with Gasteiger partial charge in [-0.1, -0.05) is 24.3 Å². The molecular formula is C21H23FO6S. The van der Waals surface area contributed by atoms with E-state index in [1.54, 1.807) is 0 Å². The minimum Gasteiger partial charge on any atom is -0.394 e. The van der Waals surface area contributed by atoms with Crippen LogP contribution in [-0.2, 0) is 6.42 Å². The molecular weight excluding hydrogens is 399 g/mol. The van der Waals surface area contributed by atoms with Crippen molar-refractivity contribution in [2.45, 2.75) is 36.9 Å². The second-order valence-electron chi connectivity index (χ2n) is 6.94. The third-order valence-corrected chi connectivity index (χ3v) is 5.97. The van der Waals surface area contributed by atoms with Gasteiger partial charge in [-0.15, -0.1) is 11.3 Å². The van der Waals surface area contributed by atoms with Crippen LogP contribution < -0.4 is 0 Å². The van der Waals surface area contributed by atoms with Crippen molar-refractivity contribution in [3.05, 3.63) is 70.4 Å². The molecule has 5 atom stereocenters. The summed E-state index contributed by atoms with van der Waals surface area (Å²) < 4.78 is 15.4. The first-order chi connectivity index (χ1) is 13.8. The predicted molar refractivity (Wildman–Crippen MR) is 107 cm³/mol. The number of hydrogen-bond acceptors (Lipinski definition) is 7. The van der Waals surface area contributed by atoms with Crippen LogP contribution in [0.5, 0.6) is 0 Å². The molecule has 1 unspecified atom stereocenters. The van der Waals surface area contributed by atoms with E-state index in [2.05, 4.69) is 0 Å². The quantitative estimate of drug-likeness (QED) is 0.323. The number of aliphatic hydroxyl groups excluding tert-OH is 6. The van der Waals surface area contributed by atoms with E-state index in [1.165, 1.54) is 29.5 Å². The van der Waals surface area contributed by atoms with Crippen LogP contribution in [0.4, 0.5) is 4.39 Å². The van der Waals surface area contributed by atoms with Gasteiger partial charge in [0.1, 0.15) is 36.3 Å². The highest BCUT2D eigenvalue weighted by Gasteiger charge is 2.34. The molecule has 29 heavy (non-hydrogen) atoms. The number of hydrogen-bond donors (Lipinski definition) is 6. The van der Waals surface area contributed by atoms with Crippen LogP contribution in [0.25, 0.3) is 10.1 Å². The number of thiophene rings is 1. The molecule has 3 rings (SSSR count). The molecule has 0 saturated carbocycles. The third-order valence-electron chi connectivity index (χ3n) is 4.86. The first kappa shape index (κ1) is 21.8. The summed E-state index contributed by atoms with van der Waals surface area (Å²) in [6.45, 7) is -0.823. The molecule has 0 aliphatic heterocycles. The largest absolute Gasteiger partial charge is 0.394 e. The van der Waals surface area contributed by atoms with E-state index < -0.39 is 42.9 Å². The molecule has 0 fully saturated rings. The topological polar surface area (TPSA) is 121 Å². The fourth-order valence-corrected chi connectivity index (χ4v) is 4.23. The Morgan fingerprint density at radius 3 is 2.28 bits per heavy atom. The van der Waals surface area contributed by atoms with Gasteiger partial charge in [-0.05, 0) is 40.8 Å². The third kappa shape index (κ3) is 4.81. The minimum atomic E-state index is -1.91. The average molecular weight is 422 g/mol. The number of fused-ring (bicyclic) bond motifs is 1. The van der Waals surface area contributed by atoms with Gasteiger partial charge in [0.25, 0.3) is 0 Å². The van der Waals surface area contributed by atoms with Crippen LogP contribution in [-0.4, -0.2) is 61.7 Å². The molecule has 0 bridgehead atoms. The molecule has 8 heteroatoms. The van der Waals surface area contributed by atoms with Gasteiger partial charge in [0.2, 0.25) is 0 Å². The Morgan fingerprint density at radius 2 is 1.59 bits per heavy atom. The van der Waals surface area contributed by atoms with Crippen LogP contribution in [0.2, 0.25) is 0 Å². The van der Waals surface area contributed by atoms with Crippen LogP contribution >= 0.6 is 11.3 Å². The normalized spacial score (nSPS) is 17.1. The summed E-state index contributed by atoms with van der Waals surface area (Å²) in [5.74, 6) is -0.468. The maximum absolute atomic E-state index is 14.3. The van der Waals surface area contributed by atoms with E-state index in [4.69, 9.17) is 5.11 Å². The van der Waals surface area contributed by atoms with E-state index in [-0.39, 0.29) is 12.0 Å². The van der Waals surface area contributed by atoms with Gasteiger partial charge in [-0.25, -0.2) is 4.39 Å². The van der Waals surface area contributed by atoms with Gasteiger partial charge in [0.05, 0.1) is 6.61 Å². The summed E-state index contributed by atoms with van der Waals surface area (Å²) in [6, 6.07) is 13.6. The van der Waals surface area contributed by atoms with Gasteiger partial charge in [-0.2, -0.15) is 0 Å². The Hall–Kier alpha value is -1.91. The first-order valence-electron chi connectivity index (χ1n) is 9.08. The SMILES string of the molecule is OCC(O)[C@@H](O)[C@H](O)[C@@H](O)[C@H](O)c1ccc(F)c(Cc2cc3ccccc3s2)c1. The van der Waals surface area contributed by atoms with Crippen molar-refractivity contribution in [2.24, 2.45) is 0 Å². The number of benzene rings is 2. The first-order valence-corrected chi connectivity index (χ1v) is 9.90. The molecule has 2 aromatic carbocycles. The van der Waals surface area contributed by atoms with Gasteiger partial charge >= 0.3 is 0 Å². The lowest BCUT2D eigenvalue weighted by atomic mass is 9.94. The zero-order valence-electron chi connectivity index (χ0n) is 15.4. The van der Waals surface area contributed by atoms with Crippen LogP contribution in [0, 0.1) is 5.82 Å². The van der Waals surface area contributed by atoms with Gasteiger partial charge in [0, 0.05) is 16.0 Å². The summed E-state index contributed by atoms with van der Waals surface area (Å²) in [4.78, 5) is 0.929. The molecule has 1 aromatic heterocycles. The van der Waals surface area contributed by atoms with Crippen LogP contribution in [0.15, 0.2) is 48.5 Å². The zero-order valence-corrected chi connectivity index (χ0v) is 16.2. The van der Waals surface area contributed by atoms with Gasteiger partial charge < -0.3 is 30.6 Å². The van der Waals surface area contributed by atoms with Gasteiger partial charge in [0.15, 0.2) is 0 Å². The zero-order chi connectivity index (χ0) is 21.1. The van der Waals surface area contributed by atoms with Crippen LogP contribution in [0.3, 0.4) is 0 Å². The lowest BCUT2D eigenvalue weighted by molar-refractivity contribution is -0.141. The number of rotatable bonds is 8. The van der Waals surface area contributed by atoms with Crippen molar-refractivity contribution < 1.29 is 35.0 Å². The molecule has 0 aliphatic carbocycles. The lowest BCUT2D eigenvalue weighted by Crippen LogP contribution is -2.47. The fraction of sp³-hybridized carbons (Fsp3) is 0.333. The molecule has 6 nitrogen and oxygen atoms in total. The molecule has 1 heterocycles. The Labute approximate surface area is 170 Å². The molecule has 0 radical (unpaired) electrons. The summed E-state index contributed by atoms with van der Waals surface area (Å²) in [5.41, 5.74) is 0.463. The lowest BCUT2D eigenvalue weighted by Gasteiger charge is -2.28. The highest BCUT2D eigenvalue weighted by molar-refractivity contribution is 7.19. The molecule has 0 spiro atoms. The summed E-state index contributed by atoms with van der Waals surface area (Å²) in [7, 11) is 0. The summed E-state index contributed by atoms with van der Waals surface area (Å²) in [6.07, 6.45) is -8.65. The van der Waals surface area contributed by atoms with Gasteiger partial charge in [-0.3, -0.25) is 0 Å². The van der Waals surface area contributed by atoms with E-state index >= 15 is 0 Å². The van der Waals surface area contributed by atoms with E-state index in [0.29, 0.717) is 5.56 Å². The van der Waals surface area contributed by atoms with Crippen molar-refractivity contribution >= 4 is 21.4 Å². The molecule has 156 valence electrons. The summed E-state index contributed by atoms with van der Waals surface area (Å²) in [5, 5.41) is 59.5. The highest BCUT2D eigenvalue weighted by Crippen LogP contribution is 2.29. The Morgan fingerprint density at radius 1 is 0.862 bits per heavy atom. The average Bonchev–Trinajstić information content (AvgIpc) is 3.14. The Bertz CT molecular complexity index is 928. The van der Waals surface area contributed by atoms with E-state index in [0.717, 1.165) is 15.0 Å². The molecule has 3 aromatic rings. The number of aliphatic hydroxyl groups is 6. The fourth-order valence-electron chi connectivity index (χ4n) is 3.15. The standard InChI is InChI=1S/C21H23FO6S/c22-15-6-5-12(18(25)20(27)21(28)19(26)16(24)10-23)7-13(15)9-14-8-11-3-1-2-4-17(11)29-14/h1-8,16,18-21,23-28H,9-10H2/t16?,18-,19-,20+,21+/m1/s1. The van der Waals surface area contributed by atoms with Crippen molar-refractivity contribution in [3.63, 3.8) is 0 Å². The van der Waals surface area contributed by atoms with Crippen molar-refractivity contribution in [3.8, 4) is 0 Å². The van der Waals surface area contributed by atoms with Crippen molar-refractivity contribution in [1.29, 1.82) is 0 Å². The monoisotopic (exact) mass is 422 g/mol. The smallest absolute Gasteiger partial charge is 0.126 e. The predicted octanol–water partition coefficient (Wildman–Crippen LogP) is 1.10. The Kier molecular flexibility index (Phi) is 6.97. The van der Waals surface area contributed by atoms with Crippen LogP contribution in [0.1, 0.15) is 22.1 Å².